The van der Waals surface area contributed by atoms with Crippen molar-refractivity contribution in [2.75, 3.05) is 6.54 Å². The quantitative estimate of drug-likeness (QED) is 0.333. The third-order valence-corrected chi connectivity index (χ3v) is 4.83. The van der Waals surface area contributed by atoms with Crippen molar-refractivity contribution in [2.45, 2.75) is 144 Å². The largest absolute Gasteiger partial charge is 0.330 e. The van der Waals surface area contributed by atoms with Crippen molar-refractivity contribution in [3.05, 3.63) is 0 Å². The Balaban J connectivity index is -0.0000000367. The van der Waals surface area contributed by atoms with E-state index in [4.69, 9.17) is 22.9 Å². The summed E-state index contributed by atoms with van der Waals surface area (Å²) in [4.78, 5) is 0. The predicted molar refractivity (Wildman–Crippen MR) is 155 cm³/mol. The zero-order valence-electron chi connectivity index (χ0n) is 21.3. The van der Waals surface area contributed by atoms with Gasteiger partial charge in [0.2, 0.25) is 0 Å². The summed E-state index contributed by atoms with van der Waals surface area (Å²) in [7, 11) is 0. The summed E-state index contributed by atoms with van der Waals surface area (Å²) in [5, 5.41) is 0. The van der Waals surface area contributed by atoms with E-state index in [2.05, 4.69) is 76.2 Å². The maximum Gasteiger partial charge on any atom is 0.0120 e. The standard InChI is InChI=1S/C7H17N.2C6H15N.C4H11N.4CH4/c1-5(2)7(8)6(3)4;1-5(2)6(3,4)7;1-4-6(7)5(2)3;1-4(2)3-5;;;;/h5-7H,8H2,1-4H3;5H,7H2,1-4H3;5-6H,4,7H2,1-3H3;4H,3,5H2,1-2H3;4*1H4. The van der Waals surface area contributed by atoms with Crippen LogP contribution in [0.4, 0.5) is 0 Å². The highest BCUT2D eigenvalue weighted by Crippen LogP contribution is 2.09. The highest BCUT2D eigenvalue weighted by molar-refractivity contribution is 4.74. The fraction of sp³-hybridized carbons (Fsp3) is 1.00. The molecular weight excluding hydrogens is 380 g/mol. The van der Waals surface area contributed by atoms with E-state index in [-0.39, 0.29) is 35.2 Å². The fourth-order valence-electron chi connectivity index (χ4n) is 1.24. The van der Waals surface area contributed by atoms with E-state index in [0.29, 0.717) is 41.7 Å². The van der Waals surface area contributed by atoms with E-state index < -0.39 is 0 Å². The number of rotatable bonds is 6. The summed E-state index contributed by atoms with van der Waals surface area (Å²) in [6, 6.07) is 0.773. The zero-order valence-corrected chi connectivity index (χ0v) is 21.3. The Morgan fingerprint density at radius 2 is 0.871 bits per heavy atom. The van der Waals surface area contributed by atoms with Crippen molar-refractivity contribution in [1.29, 1.82) is 0 Å². The third-order valence-electron chi connectivity index (χ3n) is 4.83. The lowest BCUT2D eigenvalue weighted by Gasteiger charge is -2.22. The molecule has 0 aromatic heterocycles. The van der Waals surface area contributed by atoms with E-state index in [9.17, 15) is 0 Å². The first kappa shape index (κ1) is 52.6. The average Bonchev–Trinajstić information content (AvgIpc) is 2.53. The van der Waals surface area contributed by atoms with E-state index >= 15 is 0 Å². The first-order valence-electron chi connectivity index (χ1n) is 10.9. The highest BCUT2D eigenvalue weighted by atomic mass is 14.7. The minimum absolute atomic E-state index is 0. The molecule has 1 atom stereocenters. The van der Waals surface area contributed by atoms with Gasteiger partial charge >= 0.3 is 0 Å². The van der Waals surface area contributed by atoms with Crippen molar-refractivity contribution in [3.63, 3.8) is 0 Å². The van der Waals surface area contributed by atoms with Crippen LogP contribution in [0.25, 0.3) is 0 Å². The molecule has 0 saturated carbocycles. The molecule has 0 rings (SSSR count). The lowest BCUT2D eigenvalue weighted by Crippen LogP contribution is -2.37. The third kappa shape index (κ3) is 48.5. The topological polar surface area (TPSA) is 104 Å². The minimum Gasteiger partial charge on any atom is -0.330 e. The van der Waals surface area contributed by atoms with Crippen LogP contribution in [-0.4, -0.2) is 24.2 Å². The lowest BCUT2D eigenvalue weighted by molar-refractivity contribution is 0.373. The van der Waals surface area contributed by atoms with Gasteiger partial charge in [0.1, 0.15) is 0 Å². The van der Waals surface area contributed by atoms with Crippen LogP contribution in [0, 0.1) is 29.6 Å². The molecule has 202 valence electrons. The summed E-state index contributed by atoms with van der Waals surface area (Å²) in [5.41, 5.74) is 22.2. The minimum atomic E-state index is 0. The molecule has 8 N–H and O–H groups in total. The number of hydrogen-bond acceptors (Lipinski definition) is 4. The van der Waals surface area contributed by atoms with Gasteiger partial charge in [0.05, 0.1) is 0 Å². The van der Waals surface area contributed by atoms with Crippen LogP contribution in [0.3, 0.4) is 0 Å². The van der Waals surface area contributed by atoms with E-state index in [1.807, 2.05) is 13.8 Å². The SMILES string of the molecule is C.C.C.C.CC(C)C(C)(C)N.CC(C)C(N)C(C)C.CC(C)CN.CCC(N)C(C)C. The van der Waals surface area contributed by atoms with Crippen LogP contribution in [0.5, 0.6) is 0 Å². The summed E-state index contributed by atoms with van der Waals surface area (Å²) in [5.74, 6) is 3.12. The summed E-state index contributed by atoms with van der Waals surface area (Å²) in [6.07, 6.45) is 1.09. The van der Waals surface area contributed by atoms with Crippen molar-refractivity contribution >= 4 is 0 Å². The van der Waals surface area contributed by atoms with Gasteiger partial charge in [-0.05, 0) is 56.4 Å². The van der Waals surface area contributed by atoms with Gasteiger partial charge in [0.25, 0.3) is 0 Å². The maximum absolute atomic E-state index is 5.76. The molecule has 0 aromatic carbocycles. The second-order valence-electron chi connectivity index (χ2n) is 9.99. The second-order valence-corrected chi connectivity index (χ2v) is 9.99. The maximum atomic E-state index is 5.76. The predicted octanol–water partition coefficient (Wildman–Crippen LogP) is 7.53. The van der Waals surface area contributed by atoms with Gasteiger partial charge in [-0.15, -0.1) is 0 Å². The molecule has 0 fully saturated rings. The Bertz CT molecular complexity index is 271. The van der Waals surface area contributed by atoms with E-state index in [1.54, 1.807) is 0 Å². The summed E-state index contributed by atoms with van der Waals surface area (Å²) in [6.45, 7) is 28.4. The van der Waals surface area contributed by atoms with Crippen LogP contribution in [-0.2, 0) is 0 Å². The van der Waals surface area contributed by atoms with Crippen LogP contribution in [0.15, 0.2) is 0 Å². The van der Waals surface area contributed by atoms with Gasteiger partial charge in [0.15, 0.2) is 0 Å². The Morgan fingerprint density at radius 3 is 0.871 bits per heavy atom. The average molecular weight is 455 g/mol. The fourth-order valence-corrected chi connectivity index (χ4v) is 1.24. The second kappa shape index (κ2) is 29.8. The van der Waals surface area contributed by atoms with Crippen LogP contribution in [0.2, 0.25) is 0 Å². The van der Waals surface area contributed by atoms with E-state index in [1.165, 1.54) is 0 Å². The lowest BCUT2D eigenvalue weighted by atomic mass is 9.92. The zero-order chi connectivity index (χ0) is 23.0. The molecule has 0 radical (unpaired) electrons. The molecule has 0 aliphatic carbocycles. The molecule has 4 heteroatoms. The normalized spacial score (nSPS) is 10.9. The molecule has 0 aliphatic rings. The van der Waals surface area contributed by atoms with Crippen LogP contribution in [0.1, 0.15) is 126 Å². The van der Waals surface area contributed by atoms with Gasteiger partial charge < -0.3 is 22.9 Å². The summed E-state index contributed by atoms with van der Waals surface area (Å²) < 4.78 is 0. The van der Waals surface area contributed by atoms with Gasteiger partial charge in [-0.1, -0.05) is 106 Å². The van der Waals surface area contributed by atoms with E-state index in [0.717, 1.165) is 13.0 Å². The van der Waals surface area contributed by atoms with Crippen molar-refractivity contribution in [3.8, 4) is 0 Å². The Labute approximate surface area is 203 Å². The Kier molecular flexibility index (Phi) is 50.7. The number of hydrogen-bond donors (Lipinski definition) is 4. The molecule has 0 heterocycles. The first-order valence-corrected chi connectivity index (χ1v) is 10.9. The number of nitrogens with two attached hydrogens (primary N) is 4. The summed E-state index contributed by atoms with van der Waals surface area (Å²) >= 11 is 0. The monoisotopic (exact) mass is 455 g/mol. The van der Waals surface area contributed by atoms with Gasteiger partial charge in [0, 0.05) is 17.6 Å². The van der Waals surface area contributed by atoms with Crippen LogP contribution >= 0.6 is 0 Å². The Hall–Kier alpha value is -0.160. The van der Waals surface area contributed by atoms with Crippen molar-refractivity contribution in [1.82, 2.24) is 0 Å². The first-order chi connectivity index (χ1) is 11.9. The molecular formula is C27H74N4. The molecule has 0 bridgehead atoms. The molecule has 0 aromatic rings. The Morgan fingerprint density at radius 1 is 0.645 bits per heavy atom. The molecule has 0 amide bonds. The van der Waals surface area contributed by atoms with Gasteiger partial charge in [-0.2, -0.15) is 0 Å². The highest BCUT2D eigenvalue weighted by Gasteiger charge is 2.14. The van der Waals surface area contributed by atoms with Crippen molar-refractivity contribution in [2.24, 2.45) is 52.5 Å². The molecule has 0 saturated heterocycles. The smallest absolute Gasteiger partial charge is 0.0120 e. The molecule has 1 unspecified atom stereocenters. The van der Waals surface area contributed by atoms with Gasteiger partial charge in [-0.25, -0.2) is 0 Å². The van der Waals surface area contributed by atoms with Gasteiger partial charge in [-0.3, -0.25) is 0 Å². The molecule has 0 aliphatic heterocycles. The molecule has 31 heavy (non-hydrogen) atoms. The molecule has 4 nitrogen and oxygen atoms in total. The molecule has 0 spiro atoms. The van der Waals surface area contributed by atoms with Crippen LogP contribution < -0.4 is 22.9 Å². The van der Waals surface area contributed by atoms with Crippen molar-refractivity contribution < 1.29 is 0 Å².